The van der Waals surface area contributed by atoms with Crippen molar-refractivity contribution in [1.82, 2.24) is 5.32 Å². The van der Waals surface area contributed by atoms with E-state index in [1.807, 2.05) is 6.08 Å². The fraction of sp³-hybridized carbons (Fsp3) is 0.882. The first-order chi connectivity index (χ1) is 36.5. The van der Waals surface area contributed by atoms with Gasteiger partial charge in [-0.2, -0.15) is 0 Å². The molecule has 0 bridgehead atoms. The third kappa shape index (κ3) is 59.3. The van der Waals surface area contributed by atoms with E-state index in [-0.39, 0.29) is 18.5 Å². The summed E-state index contributed by atoms with van der Waals surface area (Å²) < 4.78 is 5.48. The summed E-state index contributed by atoms with van der Waals surface area (Å²) in [7, 11) is 0. The van der Waals surface area contributed by atoms with Gasteiger partial charge in [-0.15, -0.1) is 0 Å². The Morgan fingerprint density at radius 2 is 0.676 bits per heavy atom. The van der Waals surface area contributed by atoms with Crippen molar-refractivity contribution in [2.75, 3.05) is 13.2 Å². The molecule has 0 aliphatic rings. The maximum absolute atomic E-state index is 12.5. The summed E-state index contributed by atoms with van der Waals surface area (Å²) in [5.41, 5.74) is 0. The molecule has 0 aromatic rings. The monoisotopic (exact) mass is 1040 g/mol. The number of nitrogens with one attached hydrogen (secondary N) is 1. The lowest BCUT2D eigenvalue weighted by Crippen LogP contribution is -2.45. The van der Waals surface area contributed by atoms with Gasteiger partial charge in [0, 0.05) is 12.8 Å². The minimum Gasteiger partial charge on any atom is -0.466 e. The molecule has 6 heteroatoms. The van der Waals surface area contributed by atoms with Crippen molar-refractivity contribution >= 4 is 11.9 Å². The van der Waals surface area contributed by atoms with Crippen LogP contribution in [0.25, 0.3) is 0 Å². The van der Waals surface area contributed by atoms with Gasteiger partial charge in [0.15, 0.2) is 0 Å². The zero-order valence-corrected chi connectivity index (χ0v) is 49.8. The third-order valence-corrected chi connectivity index (χ3v) is 15.4. The van der Waals surface area contributed by atoms with Crippen LogP contribution in [-0.4, -0.2) is 47.4 Å². The quantitative estimate of drug-likeness (QED) is 0.0320. The van der Waals surface area contributed by atoms with Crippen molar-refractivity contribution in [1.29, 1.82) is 0 Å². The molecule has 2 unspecified atom stereocenters. The van der Waals surface area contributed by atoms with Crippen LogP contribution >= 0.6 is 0 Å². The van der Waals surface area contributed by atoms with Crippen LogP contribution in [0.1, 0.15) is 361 Å². The Hall–Kier alpha value is -1.92. The Labute approximate surface area is 462 Å². The van der Waals surface area contributed by atoms with Crippen molar-refractivity contribution in [3.05, 3.63) is 36.5 Å². The number of amides is 1. The van der Waals surface area contributed by atoms with Crippen molar-refractivity contribution in [3.63, 3.8) is 0 Å². The molecule has 0 radical (unpaired) electrons. The molecular weight excluding hydrogens is 911 g/mol. The van der Waals surface area contributed by atoms with Crippen LogP contribution in [0.3, 0.4) is 0 Å². The van der Waals surface area contributed by atoms with Gasteiger partial charge in [0.1, 0.15) is 0 Å². The van der Waals surface area contributed by atoms with Crippen molar-refractivity contribution in [3.8, 4) is 0 Å². The molecule has 0 heterocycles. The summed E-state index contributed by atoms with van der Waals surface area (Å²) >= 11 is 0. The molecule has 3 N–H and O–H groups in total. The zero-order valence-electron chi connectivity index (χ0n) is 49.8. The van der Waals surface area contributed by atoms with Crippen LogP contribution in [0.15, 0.2) is 36.5 Å². The van der Waals surface area contributed by atoms with Gasteiger partial charge in [0.2, 0.25) is 5.91 Å². The summed E-state index contributed by atoms with van der Waals surface area (Å²) in [6.07, 6.45) is 80.5. The van der Waals surface area contributed by atoms with Gasteiger partial charge in [0.25, 0.3) is 0 Å². The minimum atomic E-state index is -0.845. The van der Waals surface area contributed by atoms with Crippen LogP contribution in [0.2, 0.25) is 0 Å². The van der Waals surface area contributed by atoms with Crippen LogP contribution in [0.4, 0.5) is 0 Å². The second-order valence-corrected chi connectivity index (χ2v) is 22.8. The summed E-state index contributed by atoms with van der Waals surface area (Å²) in [6.45, 7) is 4.90. The number of aliphatic hydroxyl groups excluding tert-OH is 2. The number of hydrogen-bond acceptors (Lipinski definition) is 5. The van der Waals surface area contributed by atoms with Crippen LogP contribution in [-0.2, 0) is 14.3 Å². The molecule has 74 heavy (non-hydrogen) atoms. The Balaban J connectivity index is 3.41. The molecule has 1 amide bonds. The van der Waals surface area contributed by atoms with E-state index < -0.39 is 12.1 Å². The number of unbranched alkanes of at least 4 members (excludes halogenated alkanes) is 47. The van der Waals surface area contributed by atoms with E-state index >= 15 is 0 Å². The van der Waals surface area contributed by atoms with Crippen LogP contribution in [0, 0.1) is 0 Å². The molecule has 0 rings (SSSR count). The number of carbonyl (C=O) groups is 2. The average molecular weight is 1040 g/mol. The van der Waals surface area contributed by atoms with Gasteiger partial charge in [-0.25, -0.2) is 0 Å². The van der Waals surface area contributed by atoms with Crippen molar-refractivity contribution < 1.29 is 24.5 Å². The molecule has 0 spiro atoms. The van der Waals surface area contributed by atoms with Gasteiger partial charge >= 0.3 is 5.97 Å². The van der Waals surface area contributed by atoms with Crippen molar-refractivity contribution in [2.24, 2.45) is 0 Å². The van der Waals surface area contributed by atoms with Gasteiger partial charge in [-0.05, 0) is 64.2 Å². The fourth-order valence-electron chi connectivity index (χ4n) is 10.3. The number of aliphatic hydroxyl groups is 2. The molecule has 0 aromatic carbocycles. The second kappa shape index (κ2) is 63.6. The summed E-state index contributed by atoms with van der Waals surface area (Å²) in [5.74, 6) is -0.0647. The van der Waals surface area contributed by atoms with E-state index in [0.717, 1.165) is 51.4 Å². The maximum atomic E-state index is 12.5. The first kappa shape index (κ1) is 72.1. The Morgan fingerprint density at radius 3 is 1.05 bits per heavy atom. The summed E-state index contributed by atoms with van der Waals surface area (Å²) in [5, 5.41) is 23.2. The largest absolute Gasteiger partial charge is 0.466 e. The first-order valence-electron chi connectivity index (χ1n) is 33.3. The van der Waals surface area contributed by atoms with E-state index in [1.165, 1.54) is 283 Å². The molecule has 2 atom stereocenters. The average Bonchev–Trinajstić information content (AvgIpc) is 3.40. The van der Waals surface area contributed by atoms with Gasteiger partial charge in [0.05, 0.1) is 25.4 Å². The number of ether oxygens (including phenoxy) is 1. The normalized spacial score (nSPS) is 12.8. The molecule has 0 fully saturated rings. The van der Waals surface area contributed by atoms with Gasteiger partial charge in [-0.1, -0.05) is 320 Å². The van der Waals surface area contributed by atoms with Gasteiger partial charge in [-0.3, -0.25) is 9.59 Å². The lowest BCUT2D eigenvalue weighted by Gasteiger charge is -2.20. The highest BCUT2D eigenvalue weighted by atomic mass is 16.5. The van der Waals surface area contributed by atoms with E-state index in [4.69, 9.17) is 4.74 Å². The Bertz CT molecular complexity index is 1200. The lowest BCUT2D eigenvalue weighted by atomic mass is 10.0. The van der Waals surface area contributed by atoms with E-state index in [1.54, 1.807) is 6.08 Å². The highest BCUT2D eigenvalue weighted by molar-refractivity contribution is 5.76. The number of hydrogen-bond donors (Lipinski definition) is 3. The molecule has 436 valence electrons. The number of esters is 1. The highest BCUT2D eigenvalue weighted by Gasteiger charge is 2.18. The molecule has 0 aliphatic heterocycles. The molecule has 6 nitrogen and oxygen atoms in total. The smallest absolute Gasteiger partial charge is 0.305 e. The minimum absolute atomic E-state index is 0.000176. The molecule has 0 saturated carbocycles. The molecule has 0 aliphatic carbocycles. The Kier molecular flexibility index (Phi) is 62.0. The predicted molar refractivity (Wildman–Crippen MR) is 324 cm³/mol. The lowest BCUT2D eigenvalue weighted by molar-refractivity contribution is -0.143. The van der Waals surface area contributed by atoms with Crippen LogP contribution < -0.4 is 5.32 Å². The second-order valence-electron chi connectivity index (χ2n) is 22.8. The number of carbonyl (C=O) groups excluding carboxylic acids is 2. The third-order valence-electron chi connectivity index (χ3n) is 15.4. The summed E-state index contributed by atoms with van der Waals surface area (Å²) in [6, 6.07) is -0.628. The maximum Gasteiger partial charge on any atom is 0.305 e. The van der Waals surface area contributed by atoms with E-state index in [0.29, 0.717) is 19.4 Å². The first-order valence-corrected chi connectivity index (χ1v) is 33.3. The molecule has 0 saturated heterocycles. The topological polar surface area (TPSA) is 95.9 Å². The molecular formula is C68H129NO5. The SMILES string of the molecule is CCCCC/C=C\C/C=C\CCCCCCCC(=O)OCCCCCCCCCCCCCCCCCCCCCCCCCC(=O)NC(CO)C(O)/C=C/CCCCCCCCCCCCCCCCCCC. The van der Waals surface area contributed by atoms with Crippen LogP contribution in [0.5, 0.6) is 0 Å². The van der Waals surface area contributed by atoms with Gasteiger partial charge < -0.3 is 20.3 Å². The zero-order chi connectivity index (χ0) is 53.6. The number of rotatable bonds is 62. The van der Waals surface area contributed by atoms with Crippen molar-refractivity contribution in [2.45, 2.75) is 373 Å². The predicted octanol–water partition coefficient (Wildman–Crippen LogP) is 21.1. The molecule has 0 aromatic heterocycles. The number of allylic oxidation sites excluding steroid dienone is 5. The fourth-order valence-corrected chi connectivity index (χ4v) is 10.3. The van der Waals surface area contributed by atoms with E-state index in [9.17, 15) is 19.8 Å². The highest BCUT2D eigenvalue weighted by Crippen LogP contribution is 2.18. The summed E-state index contributed by atoms with van der Waals surface area (Å²) in [4.78, 5) is 24.6. The Morgan fingerprint density at radius 1 is 0.378 bits per heavy atom. The standard InChI is InChI=1S/C68H129NO5/c1-3-5-7-9-11-13-15-17-19-20-26-29-33-36-40-44-48-52-56-60-66(71)65(64-70)69-67(72)61-57-53-49-45-41-37-34-30-27-24-22-21-23-25-28-31-35-39-43-47-51-55-59-63-74-68(73)62-58-54-50-46-42-38-32-18-16-14-12-10-8-6-4-2/h12,14,18,32,56,60,65-66,70-71H,3-11,13,15-17,19-31,33-55,57-59,61-64H2,1-2H3,(H,69,72)/b14-12-,32-18-,60-56+. The van der Waals surface area contributed by atoms with E-state index in [2.05, 4.69) is 43.5 Å².